The minimum absolute atomic E-state index is 0.0183. The maximum atomic E-state index is 13.7. The van der Waals surface area contributed by atoms with Crippen molar-refractivity contribution in [1.82, 2.24) is 4.90 Å². The third-order valence-electron chi connectivity index (χ3n) is 9.06. The van der Waals surface area contributed by atoms with Crippen molar-refractivity contribution in [1.29, 1.82) is 0 Å². The first-order valence-electron chi connectivity index (χ1n) is 17.0. The van der Waals surface area contributed by atoms with Gasteiger partial charge in [-0.25, -0.2) is 0 Å². The van der Waals surface area contributed by atoms with Crippen LogP contribution in [0.2, 0.25) is 0 Å². The molecular formula is C38H53NO4S. The number of nitrogens with zero attached hydrogens (tertiary/aromatic N) is 1. The summed E-state index contributed by atoms with van der Waals surface area (Å²) in [6.07, 6.45) is 18.4. The number of hydrogen-bond donors (Lipinski definition) is 0. The Bertz CT molecular complexity index is 1140. The van der Waals surface area contributed by atoms with Crippen LogP contribution in [0.5, 0.6) is 0 Å². The molecule has 44 heavy (non-hydrogen) atoms. The standard InChI is InChI=1S/C38H53NO4S/c1-4-5-6-11-20-27-37(41-29-30-42-37)28-21-12-9-7-8-10-19-26-34(40)39-35(31(2)3)38(43-36(39)44,32-22-15-13-16-23-32)33-24-17-14-18-25-33/h10,13-19,22-25,31,35H,4-9,11-12,20-21,26-30H2,1-3H3/b19-10+. The summed E-state index contributed by atoms with van der Waals surface area (Å²) in [5.74, 6) is -0.238. The minimum atomic E-state index is -0.852. The van der Waals surface area contributed by atoms with E-state index in [1.807, 2.05) is 42.5 Å². The summed E-state index contributed by atoms with van der Waals surface area (Å²) in [4.78, 5) is 15.4. The minimum Gasteiger partial charge on any atom is -0.452 e. The lowest BCUT2D eigenvalue weighted by Gasteiger charge is -2.38. The second-order valence-corrected chi connectivity index (χ2v) is 13.0. The van der Waals surface area contributed by atoms with Crippen LogP contribution < -0.4 is 0 Å². The van der Waals surface area contributed by atoms with Crippen LogP contribution in [0.3, 0.4) is 0 Å². The van der Waals surface area contributed by atoms with Gasteiger partial charge >= 0.3 is 0 Å². The Morgan fingerprint density at radius 3 is 1.93 bits per heavy atom. The number of hydrogen-bond acceptors (Lipinski definition) is 5. The van der Waals surface area contributed by atoms with Crippen LogP contribution in [0.1, 0.15) is 115 Å². The zero-order chi connectivity index (χ0) is 31.3. The molecule has 2 fully saturated rings. The van der Waals surface area contributed by atoms with Crippen molar-refractivity contribution >= 4 is 23.3 Å². The van der Waals surface area contributed by atoms with E-state index in [4.69, 9.17) is 26.4 Å². The van der Waals surface area contributed by atoms with Crippen LogP contribution in [0.4, 0.5) is 0 Å². The molecule has 0 N–H and O–H groups in total. The van der Waals surface area contributed by atoms with Crippen molar-refractivity contribution < 1.29 is 19.0 Å². The van der Waals surface area contributed by atoms with Crippen molar-refractivity contribution in [2.45, 2.75) is 122 Å². The molecule has 2 aliphatic rings. The highest BCUT2D eigenvalue weighted by Crippen LogP contribution is 2.47. The number of unbranched alkanes of at least 4 members (excludes halogenated alkanes) is 8. The molecule has 2 aromatic rings. The zero-order valence-corrected chi connectivity index (χ0v) is 28.0. The second-order valence-electron chi connectivity index (χ2n) is 12.7. The molecule has 1 unspecified atom stereocenters. The summed E-state index contributed by atoms with van der Waals surface area (Å²) in [6.45, 7) is 7.98. The molecule has 2 aliphatic heterocycles. The Hall–Kier alpha value is -2.54. The van der Waals surface area contributed by atoms with Gasteiger partial charge in [0.05, 0.1) is 19.3 Å². The number of carbonyl (C=O) groups is 1. The summed E-state index contributed by atoms with van der Waals surface area (Å²) < 4.78 is 18.7. The molecule has 0 bridgehead atoms. The van der Waals surface area contributed by atoms with E-state index in [0.717, 1.165) is 56.4 Å². The van der Waals surface area contributed by atoms with E-state index in [1.165, 1.54) is 44.9 Å². The number of rotatable bonds is 18. The lowest BCUT2D eigenvalue weighted by Crippen LogP contribution is -2.49. The second kappa shape index (κ2) is 17.2. The molecule has 6 heteroatoms. The fraction of sp³-hybridized carbons (Fsp3) is 0.579. The molecular weight excluding hydrogens is 566 g/mol. The van der Waals surface area contributed by atoms with E-state index in [1.54, 1.807) is 4.90 Å². The van der Waals surface area contributed by atoms with Crippen molar-refractivity contribution in [3.8, 4) is 0 Å². The lowest BCUT2D eigenvalue weighted by atomic mass is 9.75. The van der Waals surface area contributed by atoms with E-state index < -0.39 is 5.60 Å². The molecule has 2 saturated heterocycles. The Morgan fingerprint density at radius 2 is 1.39 bits per heavy atom. The van der Waals surface area contributed by atoms with Crippen LogP contribution in [0, 0.1) is 5.92 Å². The summed E-state index contributed by atoms with van der Waals surface area (Å²) in [5.41, 5.74) is 1.15. The molecule has 2 aromatic carbocycles. The molecule has 240 valence electrons. The lowest BCUT2D eigenvalue weighted by molar-refractivity contribution is -0.168. The molecule has 2 heterocycles. The molecule has 0 aromatic heterocycles. The van der Waals surface area contributed by atoms with Crippen LogP contribution in [0.15, 0.2) is 72.8 Å². The third-order valence-corrected chi connectivity index (χ3v) is 9.34. The van der Waals surface area contributed by atoms with Gasteiger partial charge in [0.2, 0.25) is 5.91 Å². The summed E-state index contributed by atoms with van der Waals surface area (Å²) >= 11 is 5.75. The molecule has 0 radical (unpaired) electrons. The molecule has 0 saturated carbocycles. The molecule has 5 nitrogen and oxygen atoms in total. The molecule has 4 rings (SSSR count). The van der Waals surface area contributed by atoms with Gasteiger partial charge in [-0.3, -0.25) is 9.69 Å². The van der Waals surface area contributed by atoms with Gasteiger partial charge < -0.3 is 14.2 Å². The number of ether oxygens (including phenoxy) is 3. The van der Waals surface area contributed by atoms with Crippen LogP contribution in [0.25, 0.3) is 0 Å². The Morgan fingerprint density at radius 1 is 0.841 bits per heavy atom. The van der Waals surface area contributed by atoms with Gasteiger partial charge in [-0.05, 0) is 43.8 Å². The van der Waals surface area contributed by atoms with Crippen molar-refractivity contribution in [2.75, 3.05) is 13.2 Å². The molecule has 0 spiro atoms. The largest absolute Gasteiger partial charge is 0.452 e. The Labute approximate surface area is 271 Å². The highest BCUT2D eigenvalue weighted by Gasteiger charge is 2.57. The number of allylic oxidation sites excluding steroid dienone is 1. The highest BCUT2D eigenvalue weighted by atomic mass is 32.1. The van der Waals surface area contributed by atoms with Gasteiger partial charge in [-0.1, -0.05) is 132 Å². The van der Waals surface area contributed by atoms with Gasteiger partial charge in [0.15, 0.2) is 11.4 Å². The topological polar surface area (TPSA) is 48.0 Å². The van der Waals surface area contributed by atoms with Crippen molar-refractivity contribution in [2.24, 2.45) is 5.92 Å². The van der Waals surface area contributed by atoms with E-state index in [0.29, 0.717) is 6.42 Å². The monoisotopic (exact) mass is 619 g/mol. The van der Waals surface area contributed by atoms with Gasteiger partial charge in [0.1, 0.15) is 0 Å². The van der Waals surface area contributed by atoms with E-state index in [2.05, 4.69) is 51.1 Å². The first-order chi connectivity index (χ1) is 21.4. The Balaban J connectivity index is 1.26. The number of thiocarbonyl (C=S) groups is 1. The Kier molecular flexibility index (Phi) is 13.4. The fourth-order valence-corrected chi connectivity index (χ4v) is 7.23. The number of benzene rings is 2. The SMILES string of the molecule is CCCCCCCC1(CCCCCC/C=C/CC(=O)N2C(=S)OC(c3ccccc3)(c3ccccc3)C2C(C)C)OCCO1. The van der Waals surface area contributed by atoms with E-state index in [-0.39, 0.29) is 28.8 Å². The maximum absolute atomic E-state index is 13.7. The average Bonchev–Trinajstić information content (AvgIpc) is 3.64. The number of carbonyl (C=O) groups excluding carboxylic acids is 1. The van der Waals surface area contributed by atoms with Crippen molar-refractivity contribution in [3.05, 3.63) is 83.9 Å². The van der Waals surface area contributed by atoms with Crippen molar-refractivity contribution in [3.63, 3.8) is 0 Å². The number of amides is 1. The third kappa shape index (κ3) is 8.58. The first kappa shape index (κ1) is 34.3. The van der Waals surface area contributed by atoms with Crippen LogP contribution >= 0.6 is 12.2 Å². The summed E-state index contributed by atoms with van der Waals surface area (Å²) in [7, 11) is 0. The van der Waals surface area contributed by atoms with Gasteiger partial charge in [0.25, 0.3) is 5.17 Å². The zero-order valence-electron chi connectivity index (χ0n) is 27.2. The van der Waals surface area contributed by atoms with Gasteiger partial charge in [-0.15, -0.1) is 0 Å². The predicted molar refractivity (Wildman–Crippen MR) is 182 cm³/mol. The predicted octanol–water partition coefficient (Wildman–Crippen LogP) is 9.49. The van der Waals surface area contributed by atoms with E-state index in [9.17, 15) is 4.79 Å². The van der Waals surface area contributed by atoms with Crippen LogP contribution in [-0.4, -0.2) is 41.0 Å². The van der Waals surface area contributed by atoms with Crippen LogP contribution in [-0.2, 0) is 24.6 Å². The van der Waals surface area contributed by atoms with Gasteiger partial charge in [-0.2, -0.15) is 0 Å². The molecule has 0 aliphatic carbocycles. The first-order valence-corrected chi connectivity index (χ1v) is 17.4. The smallest absolute Gasteiger partial charge is 0.267 e. The average molecular weight is 620 g/mol. The van der Waals surface area contributed by atoms with Gasteiger partial charge in [0, 0.05) is 30.4 Å². The van der Waals surface area contributed by atoms with E-state index >= 15 is 0 Å². The molecule has 1 amide bonds. The fourth-order valence-electron chi connectivity index (χ4n) is 6.88. The summed E-state index contributed by atoms with van der Waals surface area (Å²) in [5, 5.41) is 0.253. The molecule has 1 atom stereocenters. The highest BCUT2D eigenvalue weighted by molar-refractivity contribution is 7.80. The normalized spacial score (nSPS) is 19.2. The summed E-state index contributed by atoms with van der Waals surface area (Å²) in [6, 6.07) is 20.1. The maximum Gasteiger partial charge on any atom is 0.267 e. The quantitative estimate of drug-likeness (QED) is 0.0945.